The molecule has 0 radical (unpaired) electrons. The van der Waals surface area contributed by atoms with Crippen LogP contribution in [0.1, 0.15) is 30.5 Å². The number of nitrogens with zero attached hydrogens (tertiary/aromatic N) is 4. The Morgan fingerprint density at radius 3 is 2.27 bits per heavy atom. The minimum absolute atomic E-state index is 0.00388. The molecule has 0 aliphatic carbocycles. The number of aryl methyl sites for hydroxylation is 2. The molecule has 0 spiro atoms. The smallest absolute Gasteiger partial charge is 0.438 e. The molecule has 0 amide bonds. The Balaban J connectivity index is 2.05. The molecular weight excluding hydrogens is 569 g/mol. The third-order valence-electron chi connectivity index (χ3n) is 5.96. The van der Waals surface area contributed by atoms with Crippen LogP contribution in [0.3, 0.4) is 0 Å². The molecule has 0 saturated heterocycles. The van der Waals surface area contributed by atoms with Gasteiger partial charge in [0.25, 0.3) is 10.0 Å². The third-order valence-corrected chi connectivity index (χ3v) is 7.25. The van der Waals surface area contributed by atoms with Gasteiger partial charge in [0.2, 0.25) is 11.8 Å². The second-order valence-corrected chi connectivity index (χ2v) is 11.4. The summed E-state index contributed by atoms with van der Waals surface area (Å²) in [6.45, 7) is 5.26. The van der Waals surface area contributed by atoms with Crippen LogP contribution in [0.2, 0.25) is 0 Å². The number of benzene rings is 2. The summed E-state index contributed by atoms with van der Waals surface area (Å²) in [5.74, 6) is -7.47. The molecule has 2 aromatic heterocycles. The zero-order chi connectivity index (χ0) is 30.2. The number of para-hydroxylation sites is 1. The maximum Gasteiger partial charge on any atom is 0.458 e. The minimum atomic E-state index is -6.06. The first-order valence-electron chi connectivity index (χ1n) is 12.3. The van der Waals surface area contributed by atoms with Crippen LogP contribution in [0, 0.1) is 12.8 Å². The maximum atomic E-state index is 15.4. The van der Waals surface area contributed by atoms with Crippen LogP contribution in [-0.2, 0) is 29.4 Å². The summed E-state index contributed by atoms with van der Waals surface area (Å²) in [5, 5.41) is 3.79. The number of sulfonamides is 1. The molecular formula is C27H26F5N5O3S. The molecule has 218 valence electrons. The molecule has 14 heteroatoms. The van der Waals surface area contributed by atoms with Crippen molar-refractivity contribution in [3.05, 3.63) is 77.6 Å². The average Bonchev–Trinajstić information content (AvgIpc) is 3.31. The molecule has 0 aliphatic heterocycles. The molecule has 1 N–H and O–H groups in total. The van der Waals surface area contributed by atoms with Crippen molar-refractivity contribution in [2.75, 3.05) is 4.72 Å². The van der Waals surface area contributed by atoms with Gasteiger partial charge in [-0.1, -0.05) is 56.3 Å². The number of aromatic nitrogens is 4. The molecule has 8 nitrogen and oxygen atoms in total. The van der Waals surface area contributed by atoms with Gasteiger partial charge in [0.05, 0.1) is 11.9 Å². The van der Waals surface area contributed by atoms with Crippen molar-refractivity contribution >= 4 is 16.0 Å². The van der Waals surface area contributed by atoms with Gasteiger partial charge in [0.1, 0.15) is 16.2 Å². The maximum absolute atomic E-state index is 15.4. The molecule has 4 aromatic rings. The number of nitrogens with one attached hydrogen (secondary N) is 1. The highest BCUT2D eigenvalue weighted by atomic mass is 32.2. The monoisotopic (exact) mass is 595 g/mol. The fourth-order valence-corrected chi connectivity index (χ4v) is 4.97. The summed E-state index contributed by atoms with van der Waals surface area (Å²) in [6.07, 6.45) is -3.56. The lowest BCUT2D eigenvalue weighted by atomic mass is 9.93. The Bertz CT molecular complexity index is 1670. The second kappa shape index (κ2) is 11.1. The number of anilines is 1. The molecule has 4 rings (SSSR count). The number of halogens is 5. The zero-order valence-corrected chi connectivity index (χ0v) is 23.2. The minimum Gasteiger partial charge on any atom is -0.438 e. The van der Waals surface area contributed by atoms with Crippen LogP contribution in [0.5, 0.6) is 11.6 Å². The van der Waals surface area contributed by atoms with E-state index < -0.39 is 45.2 Å². The van der Waals surface area contributed by atoms with Gasteiger partial charge >= 0.3 is 12.1 Å². The van der Waals surface area contributed by atoms with Gasteiger partial charge in [-0.15, -0.1) is 0 Å². The van der Waals surface area contributed by atoms with Gasteiger partial charge in [0, 0.05) is 18.8 Å². The predicted octanol–water partition coefficient (Wildman–Crippen LogP) is 6.63. The van der Waals surface area contributed by atoms with E-state index >= 15 is 8.78 Å². The lowest BCUT2D eigenvalue weighted by Gasteiger charge is -2.25. The molecule has 2 aromatic carbocycles. The predicted molar refractivity (Wildman–Crippen MR) is 141 cm³/mol. The molecule has 0 aliphatic rings. The summed E-state index contributed by atoms with van der Waals surface area (Å²) in [5.41, 5.74) is -1.70. The van der Waals surface area contributed by atoms with Gasteiger partial charge in [-0.05, 0) is 36.5 Å². The van der Waals surface area contributed by atoms with Crippen molar-refractivity contribution in [2.45, 2.75) is 44.2 Å². The van der Waals surface area contributed by atoms with Crippen molar-refractivity contribution in [1.82, 2.24) is 19.7 Å². The fourth-order valence-electron chi connectivity index (χ4n) is 4.04. The summed E-state index contributed by atoms with van der Waals surface area (Å²) in [6, 6.07) is 12.0. The normalized spacial score (nSPS) is 12.5. The van der Waals surface area contributed by atoms with Gasteiger partial charge in [-0.3, -0.25) is 4.68 Å². The zero-order valence-electron chi connectivity index (χ0n) is 22.4. The van der Waals surface area contributed by atoms with Gasteiger partial charge in [-0.2, -0.15) is 32.0 Å². The highest BCUT2D eigenvalue weighted by Crippen LogP contribution is 2.51. The Labute approximate surface area is 233 Å². The average molecular weight is 596 g/mol. The van der Waals surface area contributed by atoms with Crippen LogP contribution in [-0.4, -0.2) is 34.3 Å². The SMILES string of the molecule is Cc1ccccc1Oc1nc(NS(=O)(=O)c2cnn(C)c2)nc(-c2ccccc2CC(C)C)c1C(F)(F)C(F)(F)F. The molecule has 2 heterocycles. The molecule has 0 bridgehead atoms. The van der Waals surface area contributed by atoms with E-state index in [1.54, 1.807) is 31.2 Å². The summed E-state index contributed by atoms with van der Waals surface area (Å²) in [7, 11) is -2.95. The molecule has 41 heavy (non-hydrogen) atoms. The van der Waals surface area contributed by atoms with E-state index in [0.29, 0.717) is 17.5 Å². The Hall–Kier alpha value is -4.07. The second-order valence-electron chi connectivity index (χ2n) is 9.73. The molecule has 0 fully saturated rings. The Kier molecular flexibility index (Phi) is 8.07. The quantitative estimate of drug-likeness (QED) is 0.218. The van der Waals surface area contributed by atoms with E-state index in [9.17, 15) is 21.6 Å². The first-order chi connectivity index (χ1) is 19.1. The van der Waals surface area contributed by atoms with Crippen molar-refractivity contribution in [3.63, 3.8) is 0 Å². The number of alkyl halides is 5. The lowest BCUT2D eigenvalue weighted by molar-refractivity contribution is -0.289. The van der Waals surface area contributed by atoms with Crippen LogP contribution < -0.4 is 9.46 Å². The van der Waals surface area contributed by atoms with Crippen molar-refractivity contribution in [1.29, 1.82) is 0 Å². The molecule has 0 saturated carbocycles. The lowest BCUT2D eigenvalue weighted by Crippen LogP contribution is -2.35. The van der Waals surface area contributed by atoms with Crippen molar-refractivity contribution in [3.8, 4) is 22.9 Å². The van der Waals surface area contributed by atoms with Crippen LogP contribution in [0.25, 0.3) is 11.3 Å². The summed E-state index contributed by atoms with van der Waals surface area (Å²) in [4.78, 5) is 7.39. The topological polar surface area (TPSA) is 99.0 Å². The Morgan fingerprint density at radius 1 is 1.00 bits per heavy atom. The van der Waals surface area contributed by atoms with Crippen LogP contribution in [0.4, 0.5) is 27.9 Å². The van der Waals surface area contributed by atoms with E-state index in [2.05, 4.69) is 19.8 Å². The number of hydrogen-bond donors (Lipinski definition) is 1. The number of ether oxygens (including phenoxy) is 1. The largest absolute Gasteiger partial charge is 0.458 e. The van der Waals surface area contributed by atoms with Crippen LogP contribution >= 0.6 is 0 Å². The highest BCUT2D eigenvalue weighted by molar-refractivity contribution is 7.92. The highest BCUT2D eigenvalue weighted by Gasteiger charge is 2.62. The first-order valence-corrected chi connectivity index (χ1v) is 13.8. The van der Waals surface area contributed by atoms with E-state index in [-0.39, 0.29) is 22.1 Å². The van der Waals surface area contributed by atoms with Gasteiger partial charge in [0.15, 0.2) is 0 Å². The Morgan fingerprint density at radius 2 is 1.66 bits per heavy atom. The van der Waals surface area contributed by atoms with Crippen molar-refractivity contribution < 1.29 is 35.1 Å². The molecule has 0 atom stereocenters. The van der Waals surface area contributed by atoms with E-state index in [0.717, 1.165) is 12.4 Å². The van der Waals surface area contributed by atoms with Crippen molar-refractivity contribution in [2.24, 2.45) is 13.0 Å². The molecule has 0 unspecified atom stereocenters. The number of hydrogen-bond acceptors (Lipinski definition) is 6. The summed E-state index contributed by atoms with van der Waals surface area (Å²) < 4.78 is 107. The first kappa shape index (κ1) is 29.9. The van der Waals surface area contributed by atoms with Gasteiger partial charge in [-0.25, -0.2) is 18.1 Å². The van der Waals surface area contributed by atoms with E-state index in [1.807, 2.05) is 13.8 Å². The summed E-state index contributed by atoms with van der Waals surface area (Å²) >= 11 is 0. The van der Waals surface area contributed by atoms with Crippen LogP contribution in [0.15, 0.2) is 65.8 Å². The van der Waals surface area contributed by atoms with Gasteiger partial charge < -0.3 is 4.74 Å². The van der Waals surface area contributed by atoms with E-state index in [1.165, 1.54) is 36.0 Å². The fraction of sp³-hybridized carbons (Fsp3) is 0.296. The number of rotatable bonds is 9. The van der Waals surface area contributed by atoms with E-state index in [4.69, 9.17) is 4.74 Å². The standard InChI is InChI=1S/C27H26F5N5O3S/c1-16(2)13-18-10-6-7-11-20(18)23-22(26(28,29)27(30,31)32)24(40-21-12-8-5-9-17(21)3)35-25(34-23)36-41(38,39)19-14-33-37(4)15-19/h5-12,14-16H,13H2,1-4H3,(H,34,35,36). The third kappa shape index (κ3) is 6.32.